The van der Waals surface area contributed by atoms with Gasteiger partial charge in [0.05, 0.1) is 0 Å². The Morgan fingerprint density at radius 3 is 2.59 bits per heavy atom. The van der Waals surface area contributed by atoms with E-state index in [2.05, 4.69) is 16.8 Å². The van der Waals surface area contributed by atoms with Gasteiger partial charge in [0.15, 0.2) is 0 Å². The van der Waals surface area contributed by atoms with Crippen LogP contribution in [-0.2, 0) is 14.3 Å². The molecule has 5 heteroatoms. The second-order valence-electron chi connectivity index (χ2n) is 8.36. The van der Waals surface area contributed by atoms with Crippen LogP contribution in [0.3, 0.4) is 0 Å². The van der Waals surface area contributed by atoms with Crippen molar-refractivity contribution in [3.63, 3.8) is 0 Å². The molecule has 2 aliphatic heterocycles. The van der Waals surface area contributed by atoms with Crippen LogP contribution in [-0.4, -0.2) is 49.6 Å². The van der Waals surface area contributed by atoms with Crippen LogP contribution in [0.5, 0.6) is 0 Å². The maximum absolute atomic E-state index is 12.5. The van der Waals surface area contributed by atoms with Crippen molar-refractivity contribution < 1.29 is 15.8 Å². The summed E-state index contributed by atoms with van der Waals surface area (Å²) in [5, 5.41) is 2.97. The number of amides is 2. The zero-order valence-corrected chi connectivity index (χ0v) is 17.5. The van der Waals surface area contributed by atoms with E-state index >= 15 is 0 Å². The number of likely N-dealkylation sites (tertiary alicyclic amines) is 1. The first-order valence-electron chi connectivity index (χ1n) is 10.9. The highest BCUT2D eigenvalue weighted by molar-refractivity contribution is 5.88. The van der Waals surface area contributed by atoms with Crippen molar-refractivity contribution >= 4 is 11.8 Å². The van der Waals surface area contributed by atoms with Crippen LogP contribution < -0.4 is 5.32 Å². The van der Waals surface area contributed by atoms with E-state index < -0.39 is 0 Å². The van der Waals surface area contributed by atoms with Crippen molar-refractivity contribution in [2.75, 3.05) is 32.8 Å². The molecule has 1 saturated carbocycles. The Morgan fingerprint density at radius 1 is 1.21 bits per heavy atom. The Hall–Kier alpha value is -2.14. The van der Waals surface area contributed by atoms with Gasteiger partial charge < -0.3 is 15.0 Å². The Labute approximate surface area is 176 Å². The first kappa shape index (κ1) is 21.6. The molecule has 5 nitrogen and oxygen atoms in total. The quantitative estimate of drug-likeness (QED) is 0.476. The molecule has 1 aliphatic carbocycles. The van der Waals surface area contributed by atoms with Gasteiger partial charge in [0.25, 0.3) is 0 Å². The normalized spacial score (nSPS) is 27.4. The number of carbonyl (C=O) groups excluding carboxylic acids is 2. The van der Waals surface area contributed by atoms with E-state index in [0.717, 1.165) is 51.1 Å². The fourth-order valence-electron chi connectivity index (χ4n) is 4.60. The van der Waals surface area contributed by atoms with Crippen molar-refractivity contribution in [1.82, 2.24) is 10.2 Å². The van der Waals surface area contributed by atoms with Gasteiger partial charge in [0.2, 0.25) is 11.8 Å². The average molecular weight is 401 g/mol. The van der Waals surface area contributed by atoms with E-state index in [0.29, 0.717) is 42.5 Å². The smallest absolute Gasteiger partial charge is 0.243 e. The minimum atomic E-state index is -0.0719. The second-order valence-corrected chi connectivity index (χ2v) is 8.36. The van der Waals surface area contributed by atoms with Crippen LogP contribution in [0.4, 0.5) is 0 Å². The molecule has 2 heterocycles. The molecule has 1 unspecified atom stereocenters. The molecule has 0 bridgehead atoms. The van der Waals surface area contributed by atoms with Crippen LogP contribution in [0.15, 0.2) is 48.6 Å². The molecule has 0 aromatic carbocycles. The number of hydrogen-bond donors (Lipinski definition) is 1. The molecule has 3 fully saturated rings. The molecule has 2 amide bonds. The van der Waals surface area contributed by atoms with Gasteiger partial charge in [-0.1, -0.05) is 30.9 Å². The average Bonchev–Trinajstić information content (AvgIpc) is 3.17. The minimum Gasteiger partial charge on any atom is -0.381 e. The summed E-state index contributed by atoms with van der Waals surface area (Å²) in [5.74, 6) is 2.68. The number of hydrogen-bond acceptors (Lipinski definition) is 3. The molecule has 3 rings (SSSR count). The molecule has 29 heavy (non-hydrogen) atoms. The molecule has 1 N–H and O–H groups in total. The van der Waals surface area contributed by atoms with Crippen LogP contribution in [0.25, 0.3) is 0 Å². The summed E-state index contributed by atoms with van der Waals surface area (Å²) in [7, 11) is 0. The van der Waals surface area contributed by atoms with Crippen LogP contribution in [0.2, 0.25) is 0 Å². The minimum absolute atomic E-state index is 0. The highest BCUT2D eigenvalue weighted by atomic mass is 16.5. The monoisotopic (exact) mass is 400 g/mol. The predicted octanol–water partition coefficient (Wildman–Crippen LogP) is 3.50. The van der Waals surface area contributed by atoms with E-state index in [-0.39, 0.29) is 7.33 Å². The molecule has 0 radical (unpaired) electrons. The number of fused-ring (bicyclic) bond motifs is 1. The van der Waals surface area contributed by atoms with Gasteiger partial charge in [-0.25, -0.2) is 0 Å². The van der Waals surface area contributed by atoms with Crippen LogP contribution >= 0.6 is 0 Å². The number of nitrogens with zero attached hydrogens (tertiary/aromatic N) is 1. The second kappa shape index (κ2) is 10.6. The number of carbonyl (C=O) groups is 2. The number of ether oxygens (including phenoxy) is 1. The Balaban J connectivity index is 0.00000320. The van der Waals surface area contributed by atoms with Crippen LogP contribution in [0, 0.1) is 23.7 Å². The zero-order valence-electron chi connectivity index (χ0n) is 17.5. The molecule has 3 aliphatic rings. The van der Waals surface area contributed by atoms with Gasteiger partial charge in [-0.05, 0) is 61.5 Å². The first-order valence-corrected chi connectivity index (χ1v) is 10.9. The highest BCUT2D eigenvalue weighted by Crippen LogP contribution is 2.53. The summed E-state index contributed by atoms with van der Waals surface area (Å²) in [6.07, 6.45) is 14.5. The molecular formula is C24H36N2O3. The Kier molecular flexibility index (Phi) is 7.87. The van der Waals surface area contributed by atoms with E-state index in [1.165, 1.54) is 0 Å². The Morgan fingerprint density at radius 2 is 1.93 bits per heavy atom. The largest absolute Gasteiger partial charge is 0.381 e. The third-order valence-corrected chi connectivity index (χ3v) is 6.45. The summed E-state index contributed by atoms with van der Waals surface area (Å²) < 4.78 is 5.38. The van der Waals surface area contributed by atoms with Crippen LogP contribution in [0.1, 0.15) is 34.0 Å². The molecule has 0 spiro atoms. The molecule has 2 saturated heterocycles. The lowest BCUT2D eigenvalue weighted by atomic mass is 9.96. The van der Waals surface area contributed by atoms with E-state index in [9.17, 15) is 9.59 Å². The van der Waals surface area contributed by atoms with Gasteiger partial charge in [0.1, 0.15) is 0 Å². The van der Waals surface area contributed by atoms with E-state index in [4.69, 9.17) is 4.74 Å². The SMILES string of the molecule is C=CC(/C=C/C(=O)NCCC1[C@H]2CN(C(=O)CC3CCOCC3)C[C@@H]12)=C\C=C/C.[HH]. The lowest BCUT2D eigenvalue weighted by Crippen LogP contribution is -2.34. The number of allylic oxidation sites excluding steroid dienone is 6. The molecule has 160 valence electrons. The standard InChI is InChI=1S/C24H34N2O3.H2/c1-3-5-6-18(4-2)7-8-23(27)25-12-9-20-21-16-26(17-22(20)21)24(28)15-19-10-13-29-14-11-19;/h3-8,19-22H,2,9-17H2,1H3,(H,25,27);1H/b5-3-,8-7+,18-6+;/t20?,21-,22+;. The van der Waals surface area contributed by atoms with E-state index in [1.54, 1.807) is 18.2 Å². The fourth-order valence-corrected chi connectivity index (χ4v) is 4.60. The number of piperidine rings is 1. The number of rotatable bonds is 9. The molecule has 0 aromatic heterocycles. The molecule has 0 aromatic rings. The van der Waals surface area contributed by atoms with Gasteiger partial charge in [-0.3, -0.25) is 9.59 Å². The van der Waals surface area contributed by atoms with Gasteiger partial charge in [-0.2, -0.15) is 0 Å². The Bertz CT molecular complexity index is 683. The summed E-state index contributed by atoms with van der Waals surface area (Å²) in [6.45, 7) is 9.80. The third kappa shape index (κ3) is 6.17. The first-order chi connectivity index (χ1) is 14.1. The van der Waals surface area contributed by atoms with Crippen molar-refractivity contribution in [1.29, 1.82) is 0 Å². The van der Waals surface area contributed by atoms with E-state index in [1.807, 2.05) is 25.2 Å². The summed E-state index contributed by atoms with van der Waals surface area (Å²) in [5.41, 5.74) is 0.903. The van der Waals surface area contributed by atoms with Gasteiger partial charge >= 0.3 is 0 Å². The molecule has 3 atom stereocenters. The maximum Gasteiger partial charge on any atom is 0.243 e. The third-order valence-electron chi connectivity index (χ3n) is 6.45. The van der Waals surface area contributed by atoms with Gasteiger partial charge in [0, 0.05) is 46.8 Å². The fraction of sp³-hybridized carbons (Fsp3) is 0.583. The van der Waals surface area contributed by atoms with Crippen molar-refractivity contribution in [2.45, 2.75) is 32.6 Å². The zero-order chi connectivity index (χ0) is 20.6. The lowest BCUT2D eigenvalue weighted by molar-refractivity contribution is -0.132. The number of nitrogens with one attached hydrogen (secondary N) is 1. The topological polar surface area (TPSA) is 58.6 Å². The maximum atomic E-state index is 12.5. The highest BCUT2D eigenvalue weighted by Gasteiger charge is 2.55. The summed E-state index contributed by atoms with van der Waals surface area (Å²) in [4.78, 5) is 26.6. The predicted molar refractivity (Wildman–Crippen MR) is 117 cm³/mol. The summed E-state index contributed by atoms with van der Waals surface area (Å²) >= 11 is 0. The summed E-state index contributed by atoms with van der Waals surface area (Å²) in [6, 6.07) is 0. The lowest BCUT2D eigenvalue weighted by Gasteiger charge is -2.25. The molecular weight excluding hydrogens is 364 g/mol. The van der Waals surface area contributed by atoms with Crippen molar-refractivity contribution in [3.8, 4) is 0 Å². The van der Waals surface area contributed by atoms with Crippen molar-refractivity contribution in [2.24, 2.45) is 23.7 Å². The van der Waals surface area contributed by atoms with Gasteiger partial charge in [-0.15, -0.1) is 0 Å². The van der Waals surface area contributed by atoms with Crippen molar-refractivity contribution in [3.05, 3.63) is 48.6 Å².